The first kappa shape index (κ1) is 23.2. The van der Waals surface area contributed by atoms with Crippen molar-refractivity contribution in [3.05, 3.63) is 23.8 Å². The number of nitrogens with one attached hydrogen (secondary N) is 2. The van der Waals surface area contributed by atoms with Gasteiger partial charge in [-0.05, 0) is 50.6 Å². The third-order valence-corrected chi connectivity index (χ3v) is 5.48. The normalized spacial score (nSPS) is 14.8. The van der Waals surface area contributed by atoms with Gasteiger partial charge in [0.15, 0.2) is 0 Å². The van der Waals surface area contributed by atoms with E-state index in [-0.39, 0.29) is 11.8 Å². The van der Waals surface area contributed by atoms with Crippen molar-refractivity contribution in [2.45, 2.75) is 53.9 Å². The van der Waals surface area contributed by atoms with Crippen LogP contribution in [0.3, 0.4) is 0 Å². The number of hydrogen-bond acceptors (Lipinski definition) is 4. The number of amides is 2. The molecule has 0 saturated carbocycles. The Bertz CT molecular complexity index is 687. The second kappa shape index (κ2) is 10.6. The molecule has 2 amide bonds. The number of piperidine rings is 1. The van der Waals surface area contributed by atoms with E-state index in [2.05, 4.69) is 34.3 Å². The van der Waals surface area contributed by atoms with Crippen molar-refractivity contribution in [1.82, 2.24) is 10.2 Å². The van der Waals surface area contributed by atoms with E-state index >= 15 is 0 Å². The molecule has 0 unspecified atom stereocenters. The van der Waals surface area contributed by atoms with Crippen molar-refractivity contribution in [1.29, 1.82) is 0 Å². The molecule has 1 aliphatic heterocycles. The van der Waals surface area contributed by atoms with Crippen LogP contribution in [0.25, 0.3) is 0 Å². The summed E-state index contributed by atoms with van der Waals surface area (Å²) in [6, 6.07) is 5.70. The molecule has 1 heterocycles. The van der Waals surface area contributed by atoms with Crippen molar-refractivity contribution in [2.75, 3.05) is 49.5 Å². The number of carbonyl (C=O) groups excluding carboxylic acids is 2. The van der Waals surface area contributed by atoms with E-state index in [0.717, 1.165) is 51.3 Å². The molecule has 6 heteroatoms. The van der Waals surface area contributed by atoms with E-state index < -0.39 is 5.41 Å². The predicted octanol–water partition coefficient (Wildman–Crippen LogP) is 3.73. The van der Waals surface area contributed by atoms with Crippen LogP contribution in [0.5, 0.6) is 0 Å². The van der Waals surface area contributed by atoms with Crippen LogP contribution in [0.15, 0.2) is 18.2 Å². The highest BCUT2D eigenvalue weighted by molar-refractivity contribution is 6.02. The summed E-state index contributed by atoms with van der Waals surface area (Å²) in [6.07, 6.45) is 3.53. The van der Waals surface area contributed by atoms with Gasteiger partial charge in [-0.25, -0.2) is 0 Å². The van der Waals surface area contributed by atoms with E-state index in [1.165, 1.54) is 6.42 Å². The molecule has 0 radical (unpaired) electrons. The Morgan fingerprint density at radius 1 is 1.07 bits per heavy atom. The molecule has 0 atom stereocenters. The second-order valence-electron chi connectivity index (χ2n) is 8.77. The fraction of sp³-hybridized carbons (Fsp3) is 0.652. The monoisotopic (exact) mass is 402 g/mol. The number of anilines is 2. The van der Waals surface area contributed by atoms with Gasteiger partial charge in [-0.2, -0.15) is 0 Å². The minimum atomic E-state index is -0.488. The summed E-state index contributed by atoms with van der Waals surface area (Å²) >= 11 is 0. The molecule has 2 rings (SSSR count). The molecule has 0 aliphatic carbocycles. The molecule has 1 aromatic carbocycles. The van der Waals surface area contributed by atoms with Crippen LogP contribution in [0, 0.1) is 5.41 Å². The van der Waals surface area contributed by atoms with Gasteiger partial charge < -0.3 is 20.4 Å². The lowest BCUT2D eigenvalue weighted by Gasteiger charge is -2.31. The maximum absolute atomic E-state index is 13.0. The van der Waals surface area contributed by atoms with E-state index in [4.69, 9.17) is 0 Å². The van der Waals surface area contributed by atoms with Gasteiger partial charge in [-0.15, -0.1) is 0 Å². The summed E-state index contributed by atoms with van der Waals surface area (Å²) in [5.41, 5.74) is 1.77. The Balaban J connectivity index is 2.20. The molecule has 2 N–H and O–H groups in total. The Morgan fingerprint density at radius 3 is 2.31 bits per heavy atom. The van der Waals surface area contributed by atoms with Crippen molar-refractivity contribution in [3.8, 4) is 0 Å². The third-order valence-electron chi connectivity index (χ3n) is 5.48. The molecular weight excluding hydrogens is 364 g/mol. The van der Waals surface area contributed by atoms with E-state index in [0.29, 0.717) is 17.8 Å². The summed E-state index contributed by atoms with van der Waals surface area (Å²) in [5, 5.41) is 6.02. The number of benzene rings is 1. The number of hydrogen-bond donors (Lipinski definition) is 2. The second-order valence-corrected chi connectivity index (χ2v) is 8.77. The Labute approximate surface area is 176 Å². The summed E-state index contributed by atoms with van der Waals surface area (Å²) in [5.74, 6) is -0.138. The molecule has 162 valence electrons. The van der Waals surface area contributed by atoms with E-state index in [1.54, 1.807) is 0 Å². The van der Waals surface area contributed by atoms with Crippen molar-refractivity contribution >= 4 is 23.2 Å². The molecule has 0 bridgehead atoms. The van der Waals surface area contributed by atoms with Crippen molar-refractivity contribution in [3.63, 3.8) is 0 Å². The van der Waals surface area contributed by atoms with Gasteiger partial charge >= 0.3 is 0 Å². The van der Waals surface area contributed by atoms with Crippen LogP contribution >= 0.6 is 0 Å². The van der Waals surface area contributed by atoms with Crippen molar-refractivity contribution < 1.29 is 9.59 Å². The predicted molar refractivity (Wildman–Crippen MR) is 121 cm³/mol. The summed E-state index contributed by atoms with van der Waals surface area (Å²) in [4.78, 5) is 30.0. The Hall–Kier alpha value is -2.08. The number of nitrogens with zero attached hydrogens (tertiary/aromatic N) is 2. The lowest BCUT2D eigenvalue weighted by atomic mass is 9.95. The Kier molecular flexibility index (Phi) is 8.50. The molecule has 29 heavy (non-hydrogen) atoms. The van der Waals surface area contributed by atoms with Gasteiger partial charge in [-0.1, -0.05) is 34.6 Å². The fourth-order valence-electron chi connectivity index (χ4n) is 3.49. The quantitative estimate of drug-likeness (QED) is 0.695. The standard InChI is InChI=1S/C23H38N4O2/c1-6-26(7-2)16-13-24-21(28)19-17-18(25-22(29)23(3,4)5)11-12-20(19)27-14-9-8-10-15-27/h11-12,17H,6-10,13-16H2,1-5H3,(H,24,28)(H,25,29). The average Bonchev–Trinajstić information content (AvgIpc) is 2.71. The van der Waals surface area contributed by atoms with Gasteiger partial charge in [0, 0.05) is 43.0 Å². The first-order valence-electron chi connectivity index (χ1n) is 11.0. The van der Waals surface area contributed by atoms with Crippen LogP contribution < -0.4 is 15.5 Å². The molecule has 1 saturated heterocycles. The molecule has 0 aromatic heterocycles. The van der Waals surface area contributed by atoms with Crippen molar-refractivity contribution in [2.24, 2.45) is 5.41 Å². The van der Waals surface area contributed by atoms with E-state index in [9.17, 15) is 9.59 Å². The van der Waals surface area contributed by atoms with Crippen LogP contribution in [-0.4, -0.2) is 56.0 Å². The number of carbonyl (C=O) groups is 2. The van der Waals surface area contributed by atoms with Gasteiger partial charge in [0.2, 0.25) is 5.91 Å². The molecular formula is C23H38N4O2. The summed E-state index contributed by atoms with van der Waals surface area (Å²) < 4.78 is 0. The minimum absolute atomic E-state index is 0.0592. The molecule has 1 aromatic rings. The zero-order valence-electron chi connectivity index (χ0n) is 18.8. The molecule has 1 aliphatic rings. The minimum Gasteiger partial charge on any atom is -0.371 e. The average molecular weight is 403 g/mol. The maximum Gasteiger partial charge on any atom is 0.253 e. The van der Waals surface area contributed by atoms with E-state index in [1.807, 2.05) is 39.0 Å². The highest BCUT2D eigenvalue weighted by Crippen LogP contribution is 2.28. The van der Waals surface area contributed by atoms with Gasteiger partial charge in [0.1, 0.15) is 0 Å². The largest absolute Gasteiger partial charge is 0.371 e. The lowest BCUT2D eigenvalue weighted by molar-refractivity contribution is -0.123. The summed E-state index contributed by atoms with van der Waals surface area (Å²) in [7, 11) is 0. The van der Waals surface area contributed by atoms with Gasteiger partial charge in [0.05, 0.1) is 5.56 Å². The van der Waals surface area contributed by atoms with Crippen LogP contribution in [0.2, 0.25) is 0 Å². The first-order valence-corrected chi connectivity index (χ1v) is 11.0. The zero-order chi connectivity index (χ0) is 21.4. The molecule has 6 nitrogen and oxygen atoms in total. The number of likely N-dealkylation sites (N-methyl/N-ethyl adjacent to an activating group) is 1. The highest BCUT2D eigenvalue weighted by atomic mass is 16.2. The number of rotatable bonds is 8. The van der Waals surface area contributed by atoms with Crippen LogP contribution in [0.4, 0.5) is 11.4 Å². The topological polar surface area (TPSA) is 64.7 Å². The SMILES string of the molecule is CCN(CC)CCNC(=O)c1cc(NC(=O)C(C)(C)C)ccc1N1CCCCC1. The summed E-state index contributed by atoms with van der Waals surface area (Å²) in [6.45, 7) is 15.2. The lowest BCUT2D eigenvalue weighted by Crippen LogP contribution is -2.36. The van der Waals surface area contributed by atoms with Crippen LogP contribution in [0.1, 0.15) is 64.2 Å². The van der Waals surface area contributed by atoms with Gasteiger partial charge in [0.25, 0.3) is 5.91 Å². The third kappa shape index (κ3) is 6.74. The fourth-order valence-corrected chi connectivity index (χ4v) is 3.49. The van der Waals surface area contributed by atoms with Crippen LogP contribution in [-0.2, 0) is 4.79 Å². The highest BCUT2D eigenvalue weighted by Gasteiger charge is 2.23. The zero-order valence-corrected chi connectivity index (χ0v) is 18.8. The maximum atomic E-state index is 13.0. The van der Waals surface area contributed by atoms with Gasteiger partial charge in [-0.3, -0.25) is 9.59 Å². The molecule has 1 fully saturated rings. The first-order chi connectivity index (χ1) is 13.8. The Morgan fingerprint density at radius 2 is 1.72 bits per heavy atom. The smallest absolute Gasteiger partial charge is 0.253 e. The molecule has 0 spiro atoms.